The van der Waals surface area contributed by atoms with Gasteiger partial charge in [-0.25, -0.2) is 0 Å². The maximum absolute atomic E-state index is 11.9. The van der Waals surface area contributed by atoms with Crippen LogP contribution in [0.5, 0.6) is 0 Å². The molecule has 0 spiro atoms. The Bertz CT molecular complexity index is 457. The van der Waals surface area contributed by atoms with Gasteiger partial charge in [-0.15, -0.1) is 0 Å². The Morgan fingerprint density at radius 3 is 2.39 bits per heavy atom. The standard InChI is InChI=1S/C12H13Cl2NO3/c13-8-2-1-7(3-9(8)14)4-12(18)15-5-10(16)11(17)6-15/h1-3,10-11,16-17H,4-6H2/t10-,11+. The highest BCUT2D eigenvalue weighted by Gasteiger charge is 2.32. The molecule has 0 aliphatic carbocycles. The second kappa shape index (κ2) is 5.45. The molecular formula is C12H13Cl2NO3. The maximum Gasteiger partial charge on any atom is 0.227 e. The largest absolute Gasteiger partial charge is 0.388 e. The molecule has 1 aromatic rings. The van der Waals surface area contributed by atoms with Crippen molar-refractivity contribution in [3.63, 3.8) is 0 Å². The summed E-state index contributed by atoms with van der Waals surface area (Å²) in [7, 11) is 0. The Kier molecular flexibility index (Phi) is 4.12. The summed E-state index contributed by atoms with van der Waals surface area (Å²) >= 11 is 11.7. The number of hydrogen-bond donors (Lipinski definition) is 2. The van der Waals surface area contributed by atoms with Crippen LogP contribution in [0.2, 0.25) is 10.0 Å². The number of amides is 1. The highest BCUT2D eigenvalue weighted by molar-refractivity contribution is 6.42. The first-order valence-electron chi connectivity index (χ1n) is 5.55. The fraction of sp³-hybridized carbons (Fsp3) is 0.417. The van der Waals surface area contributed by atoms with Gasteiger partial charge in [0.1, 0.15) is 0 Å². The molecule has 1 aliphatic heterocycles. The molecule has 6 heteroatoms. The number of rotatable bonds is 2. The third-order valence-electron chi connectivity index (χ3n) is 2.95. The molecule has 1 saturated heterocycles. The first kappa shape index (κ1) is 13.6. The van der Waals surface area contributed by atoms with Crippen molar-refractivity contribution in [3.05, 3.63) is 33.8 Å². The van der Waals surface area contributed by atoms with Crippen LogP contribution < -0.4 is 0 Å². The van der Waals surface area contributed by atoms with Crippen molar-refractivity contribution < 1.29 is 15.0 Å². The molecule has 0 saturated carbocycles. The number of likely N-dealkylation sites (tertiary alicyclic amines) is 1. The van der Waals surface area contributed by atoms with Crippen LogP contribution in [0.3, 0.4) is 0 Å². The van der Waals surface area contributed by atoms with Gasteiger partial charge in [0.05, 0.1) is 28.7 Å². The molecule has 1 amide bonds. The Labute approximate surface area is 115 Å². The third-order valence-corrected chi connectivity index (χ3v) is 3.69. The number of halogens is 2. The summed E-state index contributed by atoms with van der Waals surface area (Å²) in [5.74, 6) is -0.149. The zero-order chi connectivity index (χ0) is 13.3. The van der Waals surface area contributed by atoms with Gasteiger partial charge in [0.2, 0.25) is 5.91 Å². The molecule has 0 aromatic heterocycles. The van der Waals surface area contributed by atoms with Gasteiger partial charge in [0.25, 0.3) is 0 Å². The van der Waals surface area contributed by atoms with Gasteiger partial charge < -0.3 is 15.1 Å². The summed E-state index contributed by atoms with van der Waals surface area (Å²) in [6.45, 7) is 0.336. The Morgan fingerprint density at radius 2 is 1.83 bits per heavy atom. The lowest BCUT2D eigenvalue weighted by Crippen LogP contribution is -2.31. The molecule has 4 nitrogen and oxygen atoms in total. The summed E-state index contributed by atoms with van der Waals surface area (Å²) < 4.78 is 0. The average molecular weight is 290 g/mol. The number of aliphatic hydroxyl groups is 2. The maximum atomic E-state index is 11.9. The number of nitrogens with zero attached hydrogens (tertiary/aromatic N) is 1. The first-order chi connectivity index (χ1) is 8.47. The summed E-state index contributed by atoms with van der Waals surface area (Å²) in [5, 5.41) is 19.6. The van der Waals surface area contributed by atoms with E-state index in [1.54, 1.807) is 18.2 Å². The first-order valence-corrected chi connectivity index (χ1v) is 6.31. The number of carbonyl (C=O) groups is 1. The molecule has 2 N–H and O–H groups in total. The van der Waals surface area contributed by atoms with E-state index in [0.29, 0.717) is 10.0 Å². The van der Waals surface area contributed by atoms with Crippen LogP contribution in [0.15, 0.2) is 18.2 Å². The number of β-amino-alcohol motifs (C(OH)–C–C–N with tert-alkyl or cyclic N) is 2. The smallest absolute Gasteiger partial charge is 0.227 e. The fourth-order valence-electron chi connectivity index (χ4n) is 1.91. The SMILES string of the molecule is O=C(Cc1ccc(Cl)c(Cl)c1)N1C[C@@H](O)[C@@H](O)C1. The molecule has 0 unspecified atom stereocenters. The van der Waals surface area contributed by atoms with Gasteiger partial charge in [-0.1, -0.05) is 29.3 Å². The zero-order valence-electron chi connectivity index (χ0n) is 9.51. The van der Waals surface area contributed by atoms with E-state index in [0.717, 1.165) is 5.56 Å². The minimum absolute atomic E-state index is 0.149. The quantitative estimate of drug-likeness (QED) is 0.857. The predicted octanol–water partition coefficient (Wildman–Crippen LogP) is 1.10. The lowest BCUT2D eigenvalue weighted by atomic mass is 10.1. The average Bonchev–Trinajstić information content (AvgIpc) is 2.65. The number of hydrogen-bond acceptors (Lipinski definition) is 3. The van der Waals surface area contributed by atoms with Gasteiger partial charge in [0, 0.05) is 13.1 Å². The lowest BCUT2D eigenvalue weighted by molar-refractivity contribution is -0.129. The van der Waals surface area contributed by atoms with Crippen LogP contribution in [-0.2, 0) is 11.2 Å². The molecule has 2 atom stereocenters. The van der Waals surface area contributed by atoms with Crippen molar-refractivity contribution in [1.29, 1.82) is 0 Å². The van der Waals surface area contributed by atoms with E-state index >= 15 is 0 Å². The second-order valence-electron chi connectivity index (χ2n) is 4.36. The third kappa shape index (κ3) is 2.95. The van der Waals surface area contributed by atoms with E-state index in [1.807, 2.05) is 0 Å². The van der Waals surface area contributed by atoms with Gasteiger partial charge in [0.15, 0.2) is 0 Å². The molecule has 0 radical (unpaired) electrons. The molecule has 2 rings (SSSR count). The number of carbonyl (C=O) groups excluding carboxylic acids is 1. The number of benzene rings is 1. The van der Waals surface area contributed by atoms with Crippen LogP contribution in [-0.4, -0.2) is 46.3 Å². The van der Waals surface area contributed by atoms with Crippen LogP contribution in [0.25, 0.3) is 0 Å². The van der Waals surface area contributed by atoms with Crippen molar-refractivity contribution in [2.75, 3.05) is 13.1 Å². The predicted molar refractivity (Wildman–Crippen MR) is 68.8 cm³/mol. The molecule has 1 aromatic carbocycles. The molecule has 1 fully saturated rings. The summed E-state index contributed by atoms with van der Waals surface area (Å²) in [6, 6.07) is 5.01. The van der Waals surface area contributed by atoms with Crippen molar-refractivity contribution >= 4 is 29.1 Å². The summed E-state index contributed by atoms with van der Waals surface area (Å²) in [6.07, 6.45) is -1.54. The minimum Gasteiger partial charge on any atom is -0.388 e. The van der Waals surface area contributed by atoms with Crippen molar-refractivity contribution in [1.82, 2.24) is 4.90 Å². The van der Waals surface area contributed by atoms with Crippen molar-refractivity contribution in [2.45, 2.75) is 18.6 Å². The minimum atomic E-state index is -0.859. The van der Waals surface area contributed by atoms with Crippen LogP contribution >= 0.6 is 23.2 Å². The fourth-order valence-corrected chi connectivity index (χ4v) is 2.23. The Hall–Kier alpha value is -0.810. The van der Waals surface area contributed by atoms with Gasteiger partial charge >= 0.3 is 0 Å². The molecule has 0 bridgehead atoms. The molecule has 98 valence electrons. The highest BCUT2D eigenvalue weighted by Crippen LogP contribution is 2.23. The van der Waals surface area contributed by atoms with Crippen LogP contribution in [0.4, 0.5) is 0 Å². The van der Waals surface area contributed by atoms with Crippen LogP contribution in [0.1, 0.15) is 5.56 Å². The van der Waals surface area contributed by atoms with Gasteiger partial charge in [-0.2, -0.15) is 0 Å². The summed E-state index contributed by atoms with van der Waals surface area (Å²) in [4.78, 5) is 13.4. The van der Waals surface area contributed by atoms with Crippen LogP contribution in [0, 0.1) is 0 Å². The topological polar surface area (TPSA) is 60.8 Å². The molecule has 1 heterocycles. The monoisotopic (exact) mass is 289 g/mol. The summed E-state index contributed by atoms with van der Waals surface area (Å²) in [5.41, 5.74) is 0.755. The van der Waals surface area contributed by atoms with E-state index in [2.05, 4.69) is 0 Å². The van der Waals surface area contributed by atoms with Crippen molar-refractivity contribution in [2.24, 2.45) is 0 Å². The molecule has 18 heavy (non-hydrogen) atoms. The highest BCUT2D eigenvalue weighted by atomic mass is 35.5. The normalized spacial score (nSPS) is 23.4. The second-order valence-corrected chi connectivity index (χ2v) is 5.17. The lowest BCUT2D eigenvalue weighted by Gasteiger charge is -2.15. The van der Waals surface area contributed by atoms with E-state index in [4.69, 9.17) is 23.2 Å². The van der Waals surface area contributed by atoms with Gasteiger partial charge in [-0.05, 0) is 17.7 Å². The van der Waals surface area contributed by atoms with Crippen molar-refractivity contribution in [3.8, 4) is 0 Å². The Balaban J connectivity index is 2.01. The Morgan fingerprint density at radius 1 is 1.22 bits per heavy atom. The van der Waals surface area contributed by atoms with E-state index in [9.17, 15) is 15.0 Å². The van der Waals surface area contributed by atoms with E-state index in [1.165, 1.54) is 4.90 Å². The molecular weight excluding hydrogens is 277 g/mol. The molecule has 1 aliphatic rings. The van der Waals surface area contributed by atoms with E-state index in [-0.39, 0.29) is 25.4 Å². The number of aliphatic hydroxyl groups excluding tert-OH is 2. The zero-order valence-corrected chi connectivity index (χ0v) is 11.0. The van der Waals surface area contributed by atoms with E-state index < -0.39 is 12.2 Å². The van der Waals surface area contributed by atoms with Gasteiger partial charge in [-0.3, -0.25) is 4.79 Å².